The lowest BCUT2D eigenvalue weighted by atomic mass is 9.78. The maximum absolute atomic E-state index is 12.8. The highest BCUT2D eigenvalue weighted by atomic mass is 16.2. The zero-order chi connectivity index (χ0) is 16.9. The molecule has 1 aromatic carbocycles. The van der Waals surface area contributed by atoms with Gasteiger partial charge in [-0.15, -0.1) is 0 Å². The smallest absolute Gasteiger partial charge is 0.224 e. The van der Waals surface area contributed by atoms with E-state index in [2.05, 4.69) is 45.4 Å². The fourth-order valence-electron chi connectivity index (χ4n) is 6.01. The molecule has 25 heavy (non-hydrogen) atoms. The normalized spacial score (nSPS) is 38.2. The minimum Gasteiger partial charge on any atom is -0.319 e. The largest absolute Gasteiger partial charge is 0.319 e. The van der Waals surface area contributed by atoms with Crippen LogP contribution in [0.15, 0.2) is 30.3 Å². The van der Waals surface area contributed by atoms with Gasteiger partial charge in [0.15, 0.2) is 0 Å². The summed E-state index contributed by atoms with van der Waals surface area (Å²) in [7, 11) is 0. The van der Waals surface area contributed by atoms with Crippen LogP contribution in [0.3, 0.4) is 0 Å². The molecule has 4 aliphatic rings. The van der Waals surface area contributed by atoms with Gasteiger partial charge in [-0.1, -0.05) is 43.2 Å². The van der Waals surface area contributed by atoms with Crippen LogP contribution >= 0.6 is 0 Å². The Balaban J connectivity index is 1.37. The Bertz CT molecular complexity index is 648. The average Bonchev–Trinajstić information content (AvgIpc) is 2.98. The molecule has 1 spiro atoms. The number of carbonyl (C=O) groups excluding carboxylic acids is 1. The minimum absolute atomic E-state index is 0.0395. The molecule has 0 unspecified atom stereocenters. The van der Waals surface area contributed by atoms with Crippen LogP contribution in [0.1, 0.15) is 50.5 Å². The Morgan fingerprint density at radius 1 is 1.12 bits per heavy atom. The van der Waals surface area contributed by atoms with E-state index in [4.69, 9.17) is 0 Å². The van der Waals surface area contributed by atoms with Crippen molar-refractivity contribution in [2.75, 3.05) is 13.1 Å². The molecular formula is C21H29N3O. The van der Waals surface area contributed by atoms with Gasteiger partial charge in [-0.3, -0.25) is 15.0 Å². The van der Waals surface area contributed by atoms with Crippen LogP contribution in [-0.2, 0) is 11.3 Å². The molecular weight excluding hydrogens is 310 g/mol. The Kier molecular flexibility index (Phi) is 3.86. The van der Waals surface area contributed by atoms with Gasteiger partial charge in [0.1, 0.15) is 0 Å². The summed E-state index contributed by atoms with van der Waals surface area (Å²) in [5, 5.41) is 4.00. The van der Waals surface area contributed by atoms with Crippen molar-refractivity contribution >= 4 is 5.91 Å². The van der Waals surface area contributed by atoms with Gasteiger partial charge in [-0.2, -0.15) is 0 Å². The third-order valence-corrected chi connectivity index (χ3v) is 7.11. The van der Waals surface area contributed by atoms with Crippen LogP contribution in [0, 0.1) is 5.92 Å². The standard InChI is InChI=1S/C21H29N3O/c25-20-11-10-17-15-23(14-16-6-2-1-3-7-16)13-12-21(17)22-18-8-4-5-9-19(18)24(20)21/h1-3,6-7,17-19,22H,4-5,8-15H2/t17-,18+,19+,21+/m1/s1. The van der Waals surface area contributed by atoms with Crippen molar-refractivity contribution in [3.05, 3.63) is 35.9 Å². The molecule has 3 heterocycles. The Morgan fingerprint density at radius 3 is 2.84 bits per heavy atom. The summed E-state index contributed by atoms with van der Waals surface area (Å²) in [6, 6.07) is 11.8. The number of likely N-dealkylation sites (tertiary alicyclic amines) is 1. The predicted octanol–water partition coefficient (Wildman–Crippen LogP) is 2.74. The summed E-state index contributed by atoms with van der Waals surface area (Å²) in [5.74, 6) is 0.989. The Hall–Kier alpha value is -1.39. The topological polar surface area (TPSA) is 35.6 Å². The molecule has 1 N–H and O–H groups in total. The molecule has 4 atom stereocenters. The first-order valence-electron chi connectivity index (χ1n) is 10.1. The second-order valence-corrected chi connectivity index (χ2v) is 8.50. The van der Waals surface area contributed by atoms with Crippen molar-refractivity contribution < 1.29 is 4.79 Å². The lowest BCUT2D eigenvalue weighted by Crippen LogP contribution is -2.68. The zero-order valence-corrected chi connectivity index (χ0v) is 15.0. The highest BCUT2D eigenvalue weighted by molar-refractivity contribution is 5.79. The van der Waals surface area contributed by atoms with Gasteiger partial charge in [0.05, 0.1) is 5.66 Å². The second-order valence-electron chi connectivity index (χ2n) is 8.50. The number of rotatable bonds is 2. The Labute approximate surface area is 150 Å². The summed E-state index contributed by atoms with van der Waals surface area (Å²) >= 11 is 0. The monoisotopic (exact) mass is 339 g/mol. The van der Waals surface area contributed by atoms with E-state index in [1.165, 1.54) is 31.2 Å². The third-order valence-electron chi connectivity index (χ3n) is 7.11. The van der Waals surface area contributed by atoms with Crippen LogP contribution in [0.5, 0.6) is 0 Å². The molecule has 4 nitrogen and oxygen atoms in total. The van der Waals surface area contributed by atoms with Gasteiger partial charge >= 0.3 is 0 Å². The maximum atomic E-state index is 12.8. The highest BCUT2D eigenvalue weighted by Gasteiger charge is 2.60. The number of nitrogens with one attached hydrogen (secondary N) is 1. The molecule has 5 rings (SSSR count). The number of nitrogens with zero attached hydrogens (tertiary/aromatic N) is 2. The number of fused-ring (bicyclic) bond motifs is 2. The zero-order valence-electron chi connectivity index (χ0n) is 15.0. The number of hydrogen-bond acceptors (Lipinski definition) is 3. The van der Waals surface area contributed by atoms with E-state index < -0.39 is 0 Å². The van der Waals surface area contributed by atoms with E-state index in [-0.39, 0.29) is 5.66 Å². The Morgan fingerprint density at radius 2 is 1.96 bits per heavy atom. The number of amides is 1. The summed E-state index contributed by atoms with van der Waals surface area (Å²) < 4.78 is 0. The number of carbonyl (C=O) groups is 1. The number of benzene rings is 1. The molecule has 1 aromatic rings. The number of hydrogen-bond donors (Lipinski definition) is 1. The summed E-state index contributed by atoms with van der Waals surface area (Å²) in [4.78, 5) is 17.8. The van der Waals surface area contributed by atoms with Crippen LogP contribution in [0.4, 0.5) is 0 Å². The molecule has 1 aliphatic carbocycles. The molecule has 3 saturated heterocycles. The first kappa shape index (κ1) is 15.8. The maximum Gasteiger partial charge on any atom is 0.224 e. The molecule has 0 aromatic heterocycles. The lowest BCUT2D eigenvalue weighted by Gasteiger charge is -2.54. The van der Waals surface area contributed by atoms with Gasteiger partial charge in [0.25, 0.3) is 0 Å². The molecule has 1 saturated carbocycles. The van der Waals surface area contributed by atoms with Crippen LogP contribution in [-0.4, -0.2) is 46.5 Å². The van der Waals surface area contributed by atoms with E-state index >= 15 is 0 Å². The summed E-state index contributed by atoms with van der Waals surface area (Å²) in [5.41, 5.74) is 1.36. The van der Waals surface area contributed by atoms with Crippen LogP contribution in [0.25, 0.3) is 0 Å². The van der Waals surface area contributed by atoms with E-state index in [1.54, 1.807) is 0 Å². The number of piperidine rings is 2. The van der Waals surface area contributed by atoms with Crippen molar-refractivity contribution in [1.82, 2.24) is 15.1 Å². The van der Waals surface area contributed by atoms with E-state index in [0.717, 1.165) is 38.9 Å². The first-order chi connectivity index (χ1) is 12.3. The fraction of sp³-hybridized carbons (Fsp3) is 0.667. The van der Waals surface area contributed by atoms with Gasteiger partial charge in [0.2, 0.25) is 5.91 Å². The lowest BCUT2D eigenvalue weighted by molar-refractivity contribution is -0.152. The van der Waals surface area contributed by atoms with Crippen molar-refractivity contribution in [2.24, 2.45) is 5.92 Å². The van der Waals surface area contributed by atoms with Gasteiger partial charge in [0, 0.05) is 44.1 Å². The predicted molar refractivity (Wildman–Crippen MR) is 97.8 cm³/mol. The highest BCUT2D eigenvalue weighted by Crippen LogP contribution is 2.47. The average molecular weight is 339 g/mol. The van der Waals surface area contributed by atoms with Gasteiger partial charge < -0.3 is 4.90 Å². The molecule has 4 fully saturated rings. The quantitative estimate of drug-likeness (QED) is 0.900. The van der Waals surface area contributed by atoms with E-state index in [0.29, 0.717) is 23.9 Å². The molecule has 4 heteroatoms. The molecule has 1 amide bonds. The second kappa shape index (κ2) is 6.10. The molecule has 0 radical (unpaired) electrons. The van der Waals surface area contributed by atoms with Gasteiger partial charge in [-0.25, -0.2) is 0 Å². The first-order valence-corrected chi connectivity index (χ1v) is 10.1. The van der Waals surface area contributed by atoms with Crippen molar-refractivity contribution in [1.29, 1.82) is 0 Å². The van der Waals surface area contributed by atoms with Crippen molar-refractivity contribution in [3.63, 3.8) is 0 Å². The SMILES string of the molecule is O=C1CC[C@@H]2CN(Cc3ccccc3)CC[C@@]23N[C@H]2CCCC[C@@H]2N13. The van der Waals surface area contributed by atoms with E-state index in [1.807, 2.05) is 0 Å². The van der Waals surface area contributed by atoms with Crippen LogP contribution in [0.2, 0.25) is 0 Å². The minimum atomic E-state index is -0.0395. The summed E-state index contributed by atoms with van der Waals surface area (Å²) in [6.07, 6.45) is 7.93. The van der Waals surface area contributed by atoms with Crippen LogP contribution < -0.4 is 5.32 Å². The van der Waals surface area contributed by atoms with E-state index in [9.17, 15) is 4.79 Å². The van der Waals surface area contributed by atoms with Crippen molar-refractivity contribution in [3.8, 4) is 0 Å². The fourth-order valence-corrected chi connectivity index (χ4v) is 6.01. The van der Waals surface area contributed by atoms with Gasteiger partial charge in [-0.05, 0) is 31.2 Å². The molecule has 3 aliphatic heterocycles. The molecule has 134 valence electrons. The van der Waals surface area contributed by atoms with Crippen molar-refractivity contribution in [2.45, 2.75) is 69.2 Å². The third kappa shape index (κ3) is 2.53. The molecule has 0 bridgehead atoms. The summed E-state index contributed by atoms with van der Waals surface area (Å²) in [6.45, 7) is 3.24.